The highest BCUT2D eigenvalue weighted by molar-refractivity contribution is 6.04. The largest absolute Gasteiger partial charge is 0.380 e. The molecule has 0 spiro atoms. The summed E-state index contributed by atoms with van der Waals surface area (Å²) in [7, 11) is 1.61. The number of rotatable bonds is 5. The lowest BCUT2D eigenvalue weighted by atomic mass is 10.1. The van der Waals surface area contributed by atoms with Crippen molar-refractivity contribution in [2.24, 2.45) is 0 Å². The number of benzene rings is 2. The smallest absolute Gasteiger partial charge is 0.255 e. The highest BCUT2D eigenvalue weighted by Gasteiger charge is 2.07. The second kappa shape index (κ2) is 7.38. The number of anilines is 2. The Hall–Kier alpha value is -2.66. The number of carbonyl (C=O) groups is 2. The molecule has 5 heteroatoms. The lowest BCUT2D eigenvalue weighted by Crippen LogP contribution is -2.13. The van der Waals surface area contributed by atoms with E-state index < -0.39 is 0 Å². The van der Waals surface area contributed by atoms with E-state index in [2.05, 4.69) is 10.6 Å². The number of methoxy groups -OCH3 is 1. The number of hydrogen-bond donors (Lipinski definition) is 2. The molecule has 2 aromatic carbocycles. The standard InChI is InChI=1S/C17H18N2O3/c1-12(20)18-15-7-4-8-16(10-15)19-17(21)14-6-3-5-13(9-14)11-22-2/h3-10H,11H2,1-2H3,(H,18,20)(H,19,21). The first-order valence-electron chi connectivity index (χ1n) is 6.85. The Labute approximate surface area is 129 Å². The number of carbonyl (C=O) groups excluding carboxylic acids is 2. The molecule has 0 aliphatic rings. The molecule has 0 heterocycles. The molecule has 0 unspecified atom stereocenters. The second-order valence-corrected chi connectivity index (χ2v) is 4.85. The fourth-order valence-corrected chi connectivity index (χ4v) is 2.05. The van der Waals surface area contributed by atoms with Crippen LogP contribution in [0.2, 0.25) is 0 Å². The molecule has 2 rings (SSSR count). The Balaban J connectivity index is 2.11. The zero-order valence-corrected chi connectivity index (χ0v) is 12.6. The van der Waals surface area contributed by atoms with Crippen LogP contribution in [0.5, 0.6) is 0 Å². The van der Waals surface area contributed by atoms with Crippen molar-refractivity contribution in [1.82, 2.24) is 0 Å². The minimum atomic E-state index is -0.210. The first-order valence-corrected chi connectivity index (χ1v) is 6.85. The first-order chi connectivity index (χ1) is 10.6. The van der Waals surface area contributed by atoms with Crippen LogP contribution in [-0.4, -0.2) is 18.9 Å². The molecule has 0 radical (unpaired) electrons. The van der Waals surface area contributed by atoms with Crippen molar-refractivity contribution in [1.29, 1.82) is 0 Å². The third-order valence-electron chi connectivity index (χ3n) is 2.94. The summed E-state index contributed by atoms with van der Waals surface area (Å²) in [5.41, 5.74) is 2.74. The van der Waals surface area contributed by atoms with Crippen molar-refractivity contribution >= 4 is 23.2 Å². The Morgan fingerprint density at radius 1 is 1.00 bits per heavy atom. The third-order valence-corrected chi connectivity index (χ3v) is 2.94. The molecule has 0 aliphatic carbocycles. The van der Waals surface area contributed by atoms with Gasteiger partial charge < -0.3 is 15.4 Å². The monoisotopic (exact) mass is 298 g/mol. The number of hydrogen-bond acceptors (Lipinski definition) is 3. The minimum Gasteiger partial charge on any atom is -0.380 e. The topological polar surface area (TPSA) is 67.4 Å². The molecule has 0 aliphatic heterocycles. The van der Waals surface area contributed by atoms with E-state index in [4.69, 9.17) is 4.74 Å². The van der Waals surface area contributed by atoms with Crippen molar-refractivity contribution in [3.63, 3.8) is 0 Å². The molecule has 0 saturated carbocycles. The molecule has 0 atom stereocenters. The van der Waals surface area contributed by atoms with Gasteiger partial charge in [0.25, 0.3) is 5.91 Å². The van der Waals surface area contributed by atoms with Crippen LogP contribution in [0.25, 0.3) is 0 Å². The molecular formula is C17H18N2O3. The molecule has 0 aromatic heterocycles. The van der Waals surface area contributed by atoms with E-state index in [1.165, 1.54) is 6.92 Å². The van der Waals surface area contributed by atoms with Crippen LogP contribution < -0.4 is 10.6 Å². The Morgan fingerprint density at radius 3 is 2.36 bits per heavy atom. The van der Waals surface area contributed by atoms with E-state index >= 15 is 0 Å². The van der Waals surface area contributed by atoms with E-state index in [0.717, 1.165) is 5.56 Å². The Bertz CT molecular complexity index is 683. The summed E-state index contributed by atoms with van der Waals surface area (Å²) in [6, 6.07) is 14.2. The first kappa shape index (κ1) is 15.7. The second-order valence-electron chi connectivity index (χ2n) is 4.85. The highest BCUT2D eigenvalue weighted by atomic mass is 16.5. The van der Waals surface area contributed by atoms with Gasteiger partial charge in [0.05, 0.1) is 6.61 Å². The molecule has 2 amide bonds. The molecule has 0 bridgehead atoms. The minimum absolute atomic E-state index is 0.157. The number of ether oxygens (including phenoxy) is 1. The summed E-state index contributed by atoms with van der Waals surface area (Å²) >= 11 is 0. The van der Waals surface area contributed by atoms with Gasteiger partial charge in [-0.1, -0.05) is 18.2 Å². The van der Waals surface area contributed by atoms with Crippen molar-refractivity contribution < 1.29 is 14.3 Å². The maximum atomic E-state index is 12.3. The normalized spacial score (nSPS) is 10.1. The van der Waals surface area contributed by atoms with Crippen LogP contribution in [0.1, 0.15) is 22.8 Å². The number of amides is 2. The van der Waals surface area contributed by atoms with Gasteiger partial charge in [-0.3, -0.25) is 9.59 Å². The van der Waals surface area contributed by atoms with Crippen LogP contribution in [0, 0.1) is 0 Å². The van der Waals surface area contributed by atoms with Gasteiger partial charge in [0.2, 0.25) is 5.91 Å². The lowest BCUT2D eigenvalue weighted by molar-refractivity contribution is -0.114. The van der Waals surface area contributed by atoms with E-state index in [-0.39, 0.29) is 11.8 Å². The quantitative estimate of drug-likeness (QED) is 0.891. The molecular weight excluding hydrogens is 280 g/mol. The highest BCUT2D eigenvalue weighted by Crippen LogP contribution is 2.16. The van der Waals surface area contributed by atoms with E-state index in [9.17, 15) is 9.59 Å². The predicted octanol–water partition coefficient (Wildman–Crippen LogP) is 3.04. The summed E-state index contributed by atoms with van der Waals surface area (Å²) in [6.07, 6.45) is 0. The van der Waals surface area contributed by atoms with Crippen molar-refractivity contribution in [3.8, 4) is 0 Å². The van der Waals surface area contributed by atoms with Crippen molar-refractivity contribution in [2.45, 2.75) is 13.5 Å². The lowest BCUT2D eigenvalue weighted by Gasteiger charge is -2.09. The van der Waals surface area contributed by atoms with E-state index in [0.29, 0.717) is 23.5 Å². The maximum Gasteiger partial charge on any atom is 0.255 e. The zero-order chi connectivity index (χ0) is 15.9. The number of nitrogens with one attached hydrogen (secondary N) is 2. The third kappa shape index (κ3) is 4.43. The molecule has 0 saturated heterocycles. The summed E-state index contributed by atoms with van der Waals surface area (Å²) in [6.45, 7) is 1.89. The summed E-state index contributed by atoms with van der Waals surface area (Å²) in [5, 5.41) is 5.49. The molecule has 22 heavy (non-hydrogen) atoms. The molecule has 5 nitrogen and oxygen atoms in total. The fraction of sp³-hybridized carbons (Fsp3) is 0.176. The molecule has 2 N–H and O–H groups in total. The predicted molar refractivity (Wildman–Crippen MR) is 85.9 cm³/mol. The Morgan fingerprint density at radius 2 is 1.68 bits per heavy atom. The van der Waals surface area contributed by atoms with Gasteiger partial charge in [-0.25, -0.2) is 0 Å². The summed E-state index contributed by atoms with van der Waals surface area (Å²) < 4.78 is 5.06. The van der Waals surface area contributed by atoms with Crippen LogP contribution in [-0.2, 0) is 16.1 Å². The van der Waals surface area contributed by atoms with Crippen molar-refractivity contribution in [3.05, 3.63) is 59.7 Å². The van der Waals surface area contributed by atoms with Gasteiger partial charge in [-0.2, -0.15) is 0 Å². The van der Waals surface area contributed by atoms with Gasteiger partial charge in [-0.15, -0.1) is 0 Å². The van der Waals surface area contributed by atoms with Crippen LogP contribution in [0.3, 0.4) is 0 Å². The molecule has 0 fully saturated rings. The SMILES string of the molecule is COCc1cccc(C(=O)Nc2cccc(NC(C)=O)c2)c1. The van der Waals surface area contributed by atoms with E-state index in [1.54, 1.807) is 43.5 Å². The fourth-order valence-electron chi connectivity index (χ4n) is 2.05. The molecule has 2 aromatic rings. The summed E-state index contributed by atoms with van der Waals surface area (Å²) in [5.74, 6) is -0.367. The van der Waals surface area contributed by atoms with Gasteiger partial charge >= 0.3 is 0 Å². The van der Waals surface area contributed by atoms with Gasteiger partial charge in [0.1, 0.15) is 0 Å². The van der Waals surface area contributed by atoms with E-state index in [1.807, 2.05) is 12.1 Å². The van der Waals surface area contributed by atoms with Crippen molar-refractivity contribution in [2.75, 3.05) is 17.7 Å². The van der Waals surface area contributed by atoms with Crippen LogP contribution >= 0.6 is 0 Å². The average Bonchev–Trinajstić information content (AvgIpc) is 2.47. The average molecular weight is 298 g/mol. The maximum absolute atomic E-state index is 12.3. The van der Waals surface area contributed by atoms with Crippen LogP contribution in [0.15, 0.2) is 48.5 Å². The molecule has 114 valence electrons. The van der Waals surface area contributed by atoms with Gasteiger partial charge in [0, 0.05) is 31.0 Å². The van der Waals surface area contributed by atoms with Gasteiger partial charge in [0.15, 0.2) is 0 Å². The summed E-state index contributed by atoms with van der Waals surface area (Å²) in [4.78, 5) is 23.3. The van der Waals surface area contributed by atoms with Gasteiger partial charge in [-0.05, 0) is 35.9 Å². The Kier molecular flexibility index (Phi) is 5.27. The van der Waals surface area contributed by atoms with Crippen LogP contribution in [0.4, 0.5) is 11.4 Å². The zero-order valence-electron chi connectivity index (χ0n) is 12.6.